The van der Waals surface area contributed by atoms with Crippen molar-refractivity contribution in [2.75, 3.05) is 0 Å². The predicted molar refractivity (Wildman–Crippen MR) is 119 cm³/mol. The van der Waals surface area contributed by atoms with E-state index in [2.05, 4.69) is 58.5 Å². The van der Waals surface area contributed by atoms with E-state index in [-0.39, 0.29) is 29.5 Å². The largest absolute Gasteiger partial charge is 0.441 e. The average molecular weight is 402 g/mol. The second-order valence-corrected chi connectivity index (χ2v) is 9.80. The molecule has 0 radical (unpaired) electrons. The Labute approximate surface area is 176 Å². The molecular formula is C26H29N2O2+. The highest BCUT2D eigenvalue weighted by Crippen LogP contribution is 2.51. The Kier molecular flexibility index (Phi) is 4.07. The number of carbonyl (C=O) groups is 1. The summed E-state index contributed by atoms with van der Waals surface area (Å²) >= 11 is 0. The van der Waals surface area contributed by atoms with Crippen molar-refractivity contribution in [3.8, 4) is 0 Å². The molecule has 2 aromatic carbocycles. The molecule has 2 saturated carbocycles. The third-order valence-electron chi connectivity index (χ3n) is 7.80. The third-order valence-corrected chi connectivity index (χ3v) is 7.80. The Hall–Kier alpha value is -2.59. The van der Waals surface area contributed by atoms with Crippen LogP contribution in [0.25, 0.3) is 10.9 Å². The summed E-state index contributed by atoms with van der Waals surface area (Å²) in [6.45, 7) is 0. The molecule has 3 unspecified atom stereocenters. The maximum Gasteiger partial charge on any atom is 0.224 e. The van der Waals surface area contributed by atoms with Crippen LogP contribution in [-0.2, 0) is 4.79 Å². The first-order chi connectivity index (χ1) is 14.6. The highest BCUT2D eigenvalue weighted by Gasteiger charge is 2.57. The summed E-state index contributed by atoms with van der Waals surface area (Å²) in [7, 11) is 0. The summed E-state index contributed by atoms with van der Waals surface area (Å²) in [6, 6.07) is 19.4. The van der Waals surface area contributed by atoms with Crippen molar-refractivity contribution in [3.05, 3.63) is 71.9 Å². The number of hydrogen-bond acceptors (Lipinski definition) is 1. The number of nitrogens with one attached hydrogen (secondary N) is 1. The first-order valence-electron chi connectivity index (χ1n) is 11.3. The molecule has 0 spiro atoms. The van der Waals surface area contributed by atoms with Gasteiger partial charge in [-0.1, -0.05) is 48.5 Å². The highest BCUT2D eigenvalue weighted by atomic mass is 16.3. The fourth-order valence-electron chi connectivity index (χ4n) is 6.79. The van der Waals surface area contributed by atoms with E-state index in [1.54, 1.807) is 0 Å². The number of nitrogens with zero attached hydrogens (tertiary/aromatic N) is 1. The summed E-state index contributed by atoms with van der Waals surface area (Å²) in [4.78, 5) is 19.3. The zero-order chi connectivity index (χ0) is 20.3. The van der Waals surface area contributed by atoms with Crippen LogP contribution in [0, 0.1) is 5.92 Å². The van der Waals surface area contributed by atoms with E-state index in [9.17, 15) is 4.79 Å². The Morgan fingerprint density at radius 1 is 1.03 bits per heavy atom. The molecule has 4 bridgehead atoms. The maximum absolute atomic E-state index is 13.7. The molecule has 3 atom stereocenters. The number of hydrogen-bond donors (Lipinski definition) is 1. The smallest absolute Gasteiger partial charge is 0.224 e. The quantitative estimate of drug-likeness (QED) is 0.650. The van der Waals surface area contributed by atoms with Gasteiger partial charge in [-0.3, -0.25) is 4.79 Å². The lowest BCUT2D eigenvalue weighted by Gasteiger charge is -2.57. The molecule has 30 heavy (non-hydrogen) atoms. The van der Waals surface area contributed by atoms with E-state index in [4.69, 9.17) is 5.11 Å². The molecule has 1 amide bonds. The summed E-state index contributed by atoms with van der Waals surface area (Å²) < 4.78 is 0. The van der Waals surface area contributed by atoms with Crippen LogP contribution in [0.4, 0.5) is 0 Å². The SMILES string of the molecule is O=C(CC(c1ccccc1)c1c[nH]c2ccccc12)N1C2CC3CC1CC([OH2+])(C3)C2. The Morgan fingerprint density at radius 2 is 1.73 bits per heavy atom. The van der Waals surface area contributed by atoms with Gasteiger partial charge in [0.2, 0.25) is 5.91 Å². The van der Waals surface area contributed by atoms with Gasteiger partial charge in [-0.15, -0.1) is 0 Å². The van der Waals surface area contributed by atoms with E-state index in [0.29, 0.717) is 12.3 Å². The van der Waals surface area contributed by atoms with Crippen molar-refractivity contribution in [1.82, 2.24) is 9.88 Å². The molecule has 3 N–H and O–H groups in total. The Bertz CT molecular complexity index is 1070. The average Bonchev–Trinajstić information content (AvgIpc) is 3.15. The molecule has 154 valence electrons. The van der Waals surface area contributed by atoms with Gasteiger partial charge in [0.05, 0.1) is 0 Å². The van der Waals surface area contributed by atoms with E-state index in [1.165, 1.54) is 16.5 Å². The summed E-state index contributed by atoms with van der Waals surface area (Å²) in [5.74, 6) is 0.964. The van der Waals surface area contributed by atoms with Crippen molar-refractivity contribution in [2.45, 2.75) is 62.1 Å². The van der Waals surface area contributed by atoms with Crippen molar-refractivity contribution in [3.63, 3.8) is 0 Å². The van der Waals surface area contributed by atoms with Crippen molar-refractivity contribution in [1.29, 1.82) is 0 Å². The second kappa shape index (κ2) is 6.71. The predicted octanol–water partition coefficient (Wildman–Crippen LogP) is 4.33. The zero-order valence-electron chi connectivity index (χ0n) is 17.2. The minimum atomic E-state index is -0.275. The highest BCUT2D eigenvalue weighted by molar-refractivity contribution is 5.86. The number of amides is 1. The number of piperidine rings is 2. The minimum Gasteiger partial charge on any atom is -0.441 e. The Balaban J connectivity index is 1.34. The molecule has 2 aliphatic carbocycles. The second-order valence-electron chi connectivity index (χ2n) is 9.80. The van der Waals surface area contributed by atoms with Crippen molar-refractivity contribution >= 4 is 16.8 Å². The molecule has 4 nitrogen and oxygen atoms in total. The molecular weight excluding hydrogens is 372 g/mol. The monoisotopic (exact) mass is 401 g/mol. The molecule has 7 rings (SSSR count). The zero-order valence-corrected chi connectivity index (χ0v) is 17.2. The van der Waals surface area contributed by atoms with Crippen LogP contribution >= 0.6 is 0 Å². The normalized spacial score (nSPS) is 30.7. The van der Waals surface area contributed by atoms with Crippen LogP contribution in [0.3, 0.4) is 0 Å². The molecule has 3 heterocycles. The summed E-state index contributed by atoms with van der Waals surface area (Å²) in [6.07, 6.45) is 7.57. The van der Waals surface area contributed by atoms with Gasteiger partial charge in [0, 0.05) is 60.8 Å². The van der Waals surface area contributed by atoms with Gasteiger partial charge in [-0.25, -0.2) is 0 Å². The fraction of sp³-hybridized carbons (Fsp3) is 0.423. The number of para-hydroxylation sites is 1. The number of fused-ring (bicyclic) bond motifs is 1. The minimum absolute atomic E-state index is 0.0389. The Morgan fingerprint density at radius 3 is 2.47 bits per heavy atom. The van der Waals surface area contributed by atoms with Crippen LogP contribution in [0.15, 0.2) is 60.8 Å². The fourth-order valence-corrected chi connectivity index (χ4v) is 6.79. The van der Waals surface area contributed by atoms with Gasteiger partial charge in [0.25, 0.3) is 0 Å². The molecule has 2 saturated heterocycles. The van der Waals surface area contributed by atoms with Gasteiger partial charge in [-0.05, 0) is 36.0 Å². The van der Waals surface area contributed by atoms with Gasteiger partial charge in [-0.2, -0.15) is 0 Å². The van der Waals surface area contributed by atoms with Gasteiger partial charge in [0.15, 0.2) is 5.60 Å². The maximum atomic E-state index is 13.7. The molecule has 4 heteroatoms. The first-order valence-corrected chi connectivity index (χ1v) is 11.3. The van der Waals surface area contributed by atoms with E-state index >= 15 is 0 Å². The molecule has 1 aromatic heterocycles. The van der Waals surface area contributed by atoms with Crippen LogP contribution in [0.1, 0.15) is 55.6 Å². The van der Waals surface area contributed by atoms with E-state index < -0.39 is 0 Å². The molecule has 2 aliphatic heterocycles. The van der Waals surface area contributed by atoms with Crippen molar-refractivity contribution in [2.24, 2.45) is 5.92 Å². The number of benzene rings is 2. The van der Waals surface area contributed by atoms with Gasteiger partial charge >= 0.3 is 0 Å². The van der Waals surface area contributed by atoms with Crippen LogP contribution in [-0.4, -0.2) is 38.6 Å². The lowest BCUT2D eigenvalue weighted by Crippen LogP contribution is -2.65. The number of carbonyl (C=O) groups excluding carboxylic acids is 1. The van der Waals surface area contributed by atoms with Crippen LogP contribution in [0.5, 0.6) is 0 Å². The number of H-pyrrole nitrogens is 1. The molecule has 4 fully saturated rings. The number of aromatic amines is 1. The lowest BCUT2D eigenvalue weighted by atomic mass is 9.61. The summed E-state index contributed by atoms with van der Waals surface area (Å²) in [5, 5.41) is 9.98. The molecule has 4 aliphatic rings. The topological polar surface area (TPSA) is 59.0 Å². The van der Waals surface area contributed by atoms with E-state index in [1.807, 2.05) is 12.1 Å². The number of rotatable bonds is 4. The van der Waals surface area contributed by atoms with Gasteiger partial charge in [0.1, 0.15) is 0 Å². The van der Waals surface area contributed by atoms with Gasteiger partial charge < -0.3 is 15.0 Å². The first kappa shape index (κ1) is 18.2. The van der Waals surface area contributed by atoms with Crippen molar-refractivity contribution < 1.29 is 9.90 Å². The lowest BCUT2D eigenvalue weighted by molar-refractivity contribution is -0.174. The van der Waals surface area contributed by atoms with Crippen LogP contribution in [0.2, 0.25) is 0 Å². The third kappa shape index (κ3) is 2.89. The van der Waals surface area contributed by atoms with E-state index in [0.717, 1.165) is 37.6 Å². The standard InChI is InChI=1S/C26H28N2O2/c29-25(28-19-10-17-11-20(28)15-26(30,13-17)14-19)12-22(18-6-2-1-3-7-18)23-16-27-24-9-5-4-8-21(23)24/h1-9,16-17,19-20,22,27,30H,10-15H2/p+1. The summed E-state index contributed by atoms with van der Waals surface area (Å²) in [5.41, 5.74) is 3.24. The van der Waals surface area contributed by atoms with Crippen LogP contribution < -0.4 is 0 Å². The number of aromatic nitrogens is 1. The molecule has 3 aromatic rings.